The molecule has 2 aromatic rings. The Labute approximate surface area is 85.7 Å². The maximum absolute atomic E-state index is 11.8. The van der Waals surface area contributed by atoms with Gasteiger partial charge in [0.15, 0.2) is 0 Å². The van der Waals surface area contributed by atoms with Crippen molar-refractivity contribution in [2.24, 2.45) is 7.05 Å². The summed E-state index contributed by atoms with van der Waals surface area (Å²) in [5.41, 5.74) is 0.549. The van der Waals surface area contributed by atoms with Crippen molar-refractivity contribution in [2.45, 2.75) is 13.5 Å². The smallest absolute Gasteiger partial charge is 0.264 e. The summed E-state index contributed by atoms with van der Waals surface area (Å²) in [6.07, 6.45) is 3.24. The van der Waals surface area contributed by atoms with E-state index in [2.05, 4.69) is 4.98 Å². The number of aryl methyl sites for hydroxylation is 2. The molecule has 0 saturated heterocycles. The summed E-state index contributed by atoms with van der Waals surface area (Å²) in [5, 5.41) is 0.960. The Morgan fingerprint density at radius 2 is 2.29 bits per heavy atom. The maximum Gasteiger partial charge on any atom is 0.264 e. The summed E-state index contributed by atoms with van der Waals surface area (Å²) in [6.45, 7) is 2.50. The second-order valence-electron chi connectivity index (χ2n) is 3.12. The molecule has 0 aliphatic heterocycles. The first-order chi connectivity index (χ1) is 6.65. The topological polar surface area (TPSA) is 39.8 Å². The summed E-state index contributed by atoms with van der Waals surface area (Å²) in [7, 11) is 1.82. The van der Waals surface area contributed by atoms with E-state index in [1.54, 1.807) is 17.1 Å². The fourth-order valence-corrected chi connectivity index (χ4v) is 1.79. The van der Waals surface area contributed by atoms with Crippen LogP contribution < -0.4 is 5.56 Å². The minimum atomic E-state index is -0.0805. The SMILES string of the molecule is CCn1cnc2c(c(Cl)cn2C)c1=O. The zero-order chi connectivity index (χ0) is 10.3. The second kappa shape index (κ2) is 3.13. The van der Waals surface area contributed by atoms with Gasteiger partial charge >= 0.3 is 0 Å². The highest BCUT2D eigenvalue weighted by Crippen LogP contribution is 2.19. The molecule has 0 aliphatic carbocycles. The van der Waals surface area contributed by atoms with Gasteiger partial charge in [0.2, 0.25) is 0 Å². The van der Waals surface area contributed by atoms with Gasteiger partial charge in [-0.25, -0.2) is 4.98 Å². The van der Waals surface area contributed by atoms with Crippen molar-refractivity contribution in [1.82, 2.24) is 14.1 Å². The average molecular weight is 212 g/mol. The number of rotatable bonds is 1. The predicted molar refractivity (Wildman–Crippen MR) is 55.7 cm³/mol. The number of halogens is 1. The van der Waals surface area contributed by atoms with Crippen LogP contribution in [0.1, 0.15) is 6.92 Å². The Morgan fingerprint density at radius 1 is 1.57 bits per heavy atom. The van der Waals surface area contributed by atoms with E-state index in [4.69, 9.17) is 11.6 Å². The van der Waals surface area contributed by atoms with Crippen molar-refractivity contribution in [3.05, 3.63) is 27.9 Å². The normalized spacial score (nSPS) is 11.1. The minimum Gasteiger partial charge on any atom is -0.334 e. The van der Waals surface area contributed by atoms with E-state index < -0.39 is 0 Å². The second-order valence-corrected chi connectivity index (χ2v) is 3.53. The third kappa shape index (κ3) is 1.14. The van der Waals surface area contributed by atoms with Gasteiger partial charge in [-0.05, 0) is 6.92 Å². The van der Waals surface area contributed by atoms with E-state index in [9.17, 15) is 4.79 Å². The zero-order valence-corrected chi connectivity index (χ0v) is 8.75. The van der Waals surface area contributed by atoms with Crippen molar-refractivity contribution in [3.63, 3.8) is 0 Å². The maximum atomic E-state index is 11.8. The first-order valence-electron chi connectivity index (χ1n) is 4.35. The van der Waals surface area contributed by atoms with E-state index in [1.165, 1.54) is 4.57 Å². The van der Waals surface area contributed by atoms with Crippen LogP contribution in [-0.2, 0) is 13.6 Å². The van der Waals surface area contributed by atoms with Gasteiger partial charge in [-0.2, -0.15) is 0 Å². The van der Waals surface area contributed by atoms with Crippen LogP contribution >= 0.6 is 11.6 Å². The molecule has 2 rings (SSSR count). The lowest BCUT2D eigenvalue weighted by Gasteiger charge is -2.00. The summed E-state index contributed by atoms with van der Waals surface area (Å²) >= 11 is 5.94. The molecule has 14 heavy (non-hydrogen) atoms. The Morgan fingerprint density at radius 3 is 2.93 bits per heavy atom. The van der Waals surface area contributed by atoms with Crippen molar-refractivity contribution in [2.75, 3.05) is 0 Å². The van der Waals surface area contributed by atoms with Crippen molar-refractivity contribution >= 4 is 22.6 Å². The zero-order valence-electron chi connectivity index (χ0n) is 7.99. The number of hydrogen-bond acceptors (Lipinski definition) is 2. The van der Waals surface area contributed by atoms with Crippen LogP contribution in [0.15, 0.2) is 17.3 Å². The highest BCUT2D eigenvalue weighted by molar-refractivity contribution is 6.35. The van der Waals surface area contributed by atoms with Gasteiger partial charge in [0, 0.05) is 19.8 Å². The molecule has 0 N–H and O–H groups in total. The van der Waals surface area contributed by atoms with Crippen molar-refractivity contribution < 1.29 is 0 Å². The molecule has 0 amide bonds. The van der Waals surface area contributed by atoms with Crippen LogP contribution in [-0.4, -0.2) is 14.1 Å². The molecule has 0 atom stereocenters. The molecule has 2 aromatic heterocycles. The van der Waals surface area contributed by atoms with Crippen LogP contribution in [0.25, 0.3) is 11.0 Å². The molecule has 0 fully saturated rings. The molecule has 0 saturated carbocycles. The van der Waals surface area contributed by atoms with Crippen LogP contribution in [0.4, 0.5) is 0 Å². The van der Waals surface area contributed by atoms with Gasteiger partial charge in [-0.3, -0.25) is 9.36 Å². The minimum absolute atomic E-state index is 0.0805. The third-order valence-electron chi connectivity index (χ3n) is 2.24. The van der Waals surface area contributed by atoms with Crippen LogP contribution in [0.3, 0.4) is 0 Å². The number of aromatic nitrogens is 3. The summed E-state index contributed by atoms with van der Waals surface area (Å²) in [4.78, 5) is 16.0. The van der Waals surface area contributed by atoms with E-state index in [0.29, 0.717) is 22.6 Å². The molecule has 4 nitrogen and oxygen atoms in total. The van der Waals surface area contributed by atoms with Gasteiger partial charge < -0.3 is 4.57 Å². The molecule has 0 unspecified atom stereocenters. The van der Waals surface area contributed by atoms with Gasteiger partial charge in [0.25, 0.3) is 5.56 Å². The van der Waals surface area contributed by atoms with Gasteiger partial charge in [-0.1, -0.05) is 11.6 Å². The standard InChI is InChI=1S/C9H10ClN3O/c1-3-13-5-11-8-7(9(13)14)6(10)4-12(8)2/h4-5H,3H2,1-2H3. The lowest BCUT2D eigenvalue weighted by atomic mass is 10.4. The fourth-order valence-electron chi connectivity index (χ4n) is 1.48. The molecule has 5 heteroatoms. The Balaban J connectivity index is 2.95. The molecule has 0 aromatic carbocycles. The average Bonchev–Trinajstić information content (AvgIpc) is 2.44. The van der Waals surface area contributed by atoms with E-state index >= 15 is 0 Å². The number of nitrogens with zero attached hydrogens (tertiary/aromatic N) is 3. The van der Waals surface area contributed by atoms with E-state index in [1.807, 2.05) is 14.0 Å². The van der Waals surface area contributed by atoms with Crippen LogP contribution in [0.5, 0.6) is 0 Å². The largest absolute Gasteiger partial charge is 0.334 e. The van der Waals surface area contributed by atoms with Crippen molar-refractivity contribution in [3.8, 4) is 0 Å². The quantitative estimate of drug-likeness (QED) is 0.716. The van der Waals surface area contributed by atoms with Gasteiger partial charge in [0.1, 0.15) is 11.0 Å². The monoisotopic (exact) mass is 211 g/mol. The molecule has 0 radical (unpaired) electrons. The lowest BCUT2D eigenvalue weighted by molar-refractivity contribution is 0.715. The summed E-state index contributed by atoms with van der Waals surface area (Å²) in [6, 6.07) is 0. The Hall–Kier alpha value is -1.29. The third-order valence-corrected chi connectivity index (χ3v) is 2.52. The number of hydrogen-bond donors (Lipinski definition) is 0. The molecule has 74 valence electrons. The molecular formula is C9H10ClN3O. The number of fused-ring (bicyclic) bond motifs is 1. The van der Waals surface area contributed by atoms with Crippen LogP contribution in [0.2, 0.25) is 5.02 Å². The highest BCUT2D eigenvalue weighted by atomic mass is 35.5. The Kier molecular flexibility index (Phi) is 2.07. The van der Waals surface area contributed by atoms with Gasteiger partial charge in [0.05, 0.1) is 11.3 Å². The molecule has 0 spiro atoms. The first-order valence-corrected chi connectivity index (χ1v) is 4.73. The fraction of sp³-hybridized carbons (Fsp3) is 0.333. The summed E-state index contributed by atoms with van der Waals surface area (Å²) in [5.74, 6) is 0. The van der Waals surface area contributed by atoms with Crippen molar-refractivity contribution in [1.29, 1.82) is 0 Å². The summed E-state index contributed by atoms with van der Waals surface area (Å²) < 4.78 is 3.28. The Bertz CT molecular complexity index is 541. The van der Waals surface area contributed by atoms with E-state index in [-0.39, 0.29) is 5.56 Å². The predicted octanol–water partition coefficient (Wildman–Crippen LogP) is 1.41. The van der Waals surface area contributed by atoms with Crippen LogP contribution in [0, 0.1) is 0 Å². The highest BCUT2D eigenvalue weighted by Gasteiger charge is 2.10. The van der Waals surface area contributed by atoms with Gasteiger partial charge in [-0.15, -0.1) is 0 Å². The lowest BCUT2D eigenvalue weighted by Crippen LogP contribution is -2.19. The molecule has 2 heterocycles. The molecular weight excluding hydrogens is 202 g/mol. The first kappa shape index (κ1) is 9.27. The van der Waals surface area contributed by atoms with E-state index in [0.717, 1.165) is 0 Å². The molecule has 0 bridgehead atoms. The molecule has 0 aliphatic rings.